The van der Waals surface area contributed by atoms with Crippen LogP contribution in [0.3, 0.4) is 0 Å². The quantitative estimate of drug-likeness (QED) is 0.582. The summed E-state index contributed by atoms with van der Waals surface area (Å²) in [5, 5.41) is -1.16. The van der Waals surface area contributed by atoms with Crippen LogP contribution in [-0.4, -0.2) is 6.98 Å². The summed E-state index contributed by atoms with van der Waals surface area (Å²) in [4.78, 5) is 0. The van der Waals surface area contributed by atoms with Crippen molar-refractivity contribution in [1.82, 2.24) is 0 Å². The number of hydrogen-bond acceptors (Lipinski definition) is 0. The van der Waals surface area contributed by atoms with E-state index in [4.69, 9.17) is 0 Å². The topological polar surface area (TPSA) is 0 Å². The molecule has 0 aromatic heterocycles. The molecular weight excluding hydrogens is 176 g/mol. The van der Waals surface area contributed by atoms with Crippen LogP contribution < -0.4 is 0 Å². The molecule has 4 aliphatic rings. The summed E-state index contributed by atoms with van der Waals surface area (Å²) in [5.41, 5.74) is 0.176. The first-order chi connectivity index (χ1) is 5.98. The van der Waals surface area contributed by atoms with Crippen LogP contribution in [0.15, 0.2) is 0 Å². The molecule has 4 rings (SSSR count). The van der Waals surface area contributed by atoms with Crippen molar-refractivity contribution in [2.45, 2.75) is 43.8 Å². The summed E-state index contributed by atoms with van der Waals surface area (Å²) in [7, 11) is 0. The lowest BCUT2D eigenvalue weighted by Gasteiger charge is -2.79. The van der Waals surface area contributed by atoms with Gasteiger partial charge in [-0.2, -0.15) is 0 Å². The molecular formula is C9H13BF3-. The van der Waals surface area contributed by atoms with Gasteiger partial charge >= 0.3 is 6.98 Å². The van der Waals surface area contributed by atoms with Crippen LogP contribution in [0, 0.1) is 11.3 Å². The van der Waals surface area contributed by atoms with E-state index in [-0.39, 0.29) is 5.41 Å². The number of rotatable bonds is 2. The van der Waals surface area contributed by atoms with Gasteiger partial charge in [0.1, 0.15) is 0 Å². The van der Waals surface area contributed by atoms with Gasteiger partial charge in [0.15, 0.2) is 0 Å². The van der Waals surface area contributed by atoms with Crippen LogP contribution in [0.5, 0.6) is 0 Å². The van der Waals surface area contributed by atoms with E-state index in [0.29, 0.717) is 25.2 Å². The molecule has 4 aliphatic carbocycles. The van der Waals surface area contributed by atoms with E-state index in [9.17, 15) is 12.9 Å². The molecule has 0 saturated heterocycles. The number of hydrogen-bond donors (Lipinski definition) is 0. The normalized spacial score (nSPS) is 49.2. The summed E-state index contributed by atoms with van der Waals surface area (Å²) in [5.74, 6) is 0.660. The lowest BCUT2D eigenvalue weighted by Crippen LogP contribution is -2.68. The van der Waals surface area contributed by atoms with E-state index in [1.165, 1.54) is 19.3 Å². The molecule has 0 spiro atoms. The molecule has 0 unspecified atom stereocenters. The Morgan fingerprint density at radius 2 is 1.54 bits per heavy atom. The van der Waals surface area contributed by atoms with Crippen molar-refractivity contribution < 1.29 is 12.9 Å². The average molecular weight is 189 g/mol. The zero-order chi connectivity index (χ0) is 9.32. The molecule has 0 radical (unpaired) electrons. The SMILES string of the molecule is F[B-](F)(F)C12CC(C3CCC3)(C1)C2. The summed E-state index contributed by atoms with van der Waals surface area (Å²) < 4.78 is 37.6. The minimum atomic E-state index is -4.55. The molecule has 4 fully saturated rings. The lowest BCUT2D eigenvalue weighted by molar-refractivity contribution is -0.174. The zero-order valence-electron chi connectivity index (χ0n) is 7.53. The molecule has 0 atom stereocenters. The average Bonchev–Trinajstić information content (AvgIpc) is 1.64. The molecule has 0 aromatic rings. The standard InChI is InChI=1S/C9H13BF3/c11-10(12,13)9-4-8(5-9,6-9)7-2-1-3-7/h7H,1-6H2/q-1. The second-order valence-electron chi connectivity index (χ2n) is 5.46. The highest BCUT2D eigenvalue weighted by atomic mass is 19.4. The maximum Gasteiger partial charge on any atom is 0.484 e. The van der Waals surface area contributed by atoms with Crippen LogP contribution in [-0.2, 0) is 0 Å². The van der Waals surface area contributed by atoms with Gasteiger partial charge in [-0.05, 0) is 24.2 Å². The lowest BCUT2D eigenvalue weighted by atomic mass is 9.21. The molecule has 0 aromatic carbocycles. The first-order valence-corrected chi connectivity index (χ1v) is 5.17. The Kier molecular flexibility index (Phi) is 1.22. The highest BCUT2D eigenvalue weighted by molar-refractivity contribution is 6.63. The summed E-state index contributed by atoms with van der Waals surface area (Å²) >= 11 is 0. The molecule has 0 amide bonds. The summed E-state index contributed by atoms with van der Waals surface area (Å²) in [6.45, 7) is -4.55. The van der Waals surface area contributed by atoms with Crippen molar-refractivity contribution in [3.63, 3.8) is 0 Å². The highest BCUT2D eigenvalue weighted by Gasteiger charge is 2.75. The third-order valence-corrected chi connectivity index (χ3v) is 4.78. The molecule has 0 heterocycles. The molecule has 2 bridgehead atoms. The highest BCUT2D eigenvalue weighted by Crippen LogP contribution is 2.86. The summed E-state index contributed by atoms with van der Waals surface area (Å²) in [6.07, 6.45) is 5.08. The maximum absolute atomic E-state index is 12.5. The molecule has 4 heteroatoms. The first kappa shape index (κ1) is 8.19. The minimum absolute atomic E-state index is 0.176. The monoisotopic (exact) mass is 189 g/mol. The predicted octanol–water partition coefficient (Wildman–Crippen LogP) is 3.56. The minimum Gasteiger partial charge on any atom is -0.449 e. The van der Waals surface area contributed by atoms with Gasteiger partial charge in [0.25, 0.3) is 0 Å². The van der Waals surface area contributed by atoms with Gasteiger partial charge in [-0.3, -0.25) is 0 Å². The van der Waals surface area contributed by atoms with Crippen molar-refractivity contribution in [2.24, 2.45) is 11.3 Å². The van der Waals surface area contributed by atoms with Crippen molar-refractivity contribution in [2.75, 3.05) is 0 Å². The zero-order valence-corrected chi connectivity index (χ0v) is 7.53. The van der Waals surface area contributed by atoms with Crippen LogP contribution in [0.25, 0.3) is 0 Å². The summed E-state index contributed by atoms with van der Waals surface area (Å²) in [6, 6.07) is 0. The molecule has 0 aliphatic heterocycles. The van der Waals surface area contributed by atoms with Gasteiger partial charge in [-0.15, -0.1) is 0 Å². The molecule has 0 N–H and O–H groups in total. The van der Waals surface area contributed by atoms with Crippen molar-refractivity contribution in [3.8, 4) is 0 Å². The Morgan fingerprint density at radius 3 is 1.85 bits per heavy atom. The Labute approximate surface area is 75.9 Å². The Balaban J connectivity index is 1.70. The van der Waals surface area contributed by atoms with E-state index in [0.717, 1.165) is 0 Å². The van der Waals surface area contributed by atoms with E-state index in [1.807, 2.05) is 0 Å². The fourth-order valence-electron chi connectivity index (χ4n) is 3.75. The number of halogens is 3. The molecule has 4 saturated carbocycles. The third-order valence-electron chi connectivity index (χ3n) is 4.78. The molecule has 0 nitrogen and oxygen atoms in total. The molecule has 13 heavy (non-hydrogen) atoms. The fourth-order valence-corrected chi connectivity index (χ4v) is 3.75. The van der Waals surface area contributed by atoms with Gasteiger partial charge in [0, 0.05) is 0 Å². The van der Waals surface area contributed by atoms with Crippen LogP contribution in [0.4, 0.5) is 12.9 Å². The van der Waals surface area contributed by atoms with Crippen molar-refractivity contribution in [1.29, 1.82) is 0 Å². The van der Waals surface area contributed by atoms with Crippen LogP contribution in [0.2, 0.25) is 5.31 Å². The Hall–Kier alpha value is -0.145. The van der Waals surface area contributed by atoms with Crippen molar-refractivity contribution in [3.05, 3.63) is 0 Å². The predicted molar refractivity (Wildman–Crippen MR) is 45.4 cm³/mol. The second kappa shape index (κ2) is 1.94. The second-order valence-corrected chi connectivity index (χ2v) is 5.46. The van der Waals surface area contributed by atoms with Crippen LogP contribution >= 0.6 is 0 Å². The third kappa shape index (κ3) is 0.763. The van der Waals surface area contributed by atoms with Gasteiger partial charge in [0.05, 0.1) is 0 Å². The smallest absolute Gasteiger partial charge is 0.449 e. The fraction of sp³-hybridized carbons (Fsp3) is 1.00. The van der Waals surface area contributed by atoms with Gasteiger partial charge in [0.2, 0.25) is 0 Å². The van der Waals surface area contributed by atoms with Gasteiger partial charge in [-0.1, -0.05) is 31.0 Å². The van der Waals surface area contributed by atoms with E-state index in [1.54, 1.807) is 0 Å². The van der Waals surface area contributed by atoms with Crippen LogP contribution in [0.1, 0.15) is 38.5 Å². The first-order valence-electron chi connectivity index (χ1n) is 5.17. The van der Waals surface area contributed by atoms with Crippen molar-refractivity contribution >= 4 is 6.98 Å². The van der Waals surface area contributed by atoms with E-state index >= 15 is 0 Å². The Bertz CT molecular complexity index is 234. The van der Waals surface area contributed by atoms with E-state index < -0.39 is 12.3 Å². The largest absolute Gasteiger partial charge is 0.484 e. The Morgan fingerprint density at radius 1 is 1.00 bits per heavy atom. The maximum atomic E-state index is 12.5. The van der Waals surface area contributed by atoms with Gasteiger partial charge in [-0.25, -0.2) is 0 Å². The van der Waals surface area contributed by atoms with Gasteiger partial charge < -0.3 is 12.9 Å². The van der Waals surface area contributed by atoms with E-state index in [2.05, 4.69) is 0 Å². The molecule has 74 valence electrons.